The molecule has 0 saturated heterocycles. The highest BCUT2D eigenvalue weighted by Gasteiger charge is 2.38. The summed E-state index contributed by atoms with van der Waals surface area (Å²) in [4.78, 5) is 21.1. The molecular weight excluding hydrogens is 297 g/mol. The molecule has 0 fully saturated rings. The topological polar surface area (TPSA) is 78.4 Å². The van der Waals surface area contributed by atoms with E-state index in [9.17, 15) is 18.0 Å². The van der Waals surface area contributed by atoms with Crippen molar-refractivity contribution >= 4 is 28.2 Å². The summed E-state index contributed by atoms with van der Waals surface area (Å²) in [6.45, 7) is 3.53. The zero-order valence-electron chi connectivity index (χ0n) is 10.5. The van der Waals surface area contributed by atoms with Gasteiger partial charge < -0.3 is 15.7 Å². The smallest absolute Gasteiger partial charge is 0.475 e. The van der Waals surface area contributed by atoms with Gasteiger partial charge in [0.2, 0.25) is 5.91 Å². The molecule has 0 unspecified atom stereocenters. The summed E-state index contributed by atoms with van der Waals surface area (Å²) in [6, 6.07) is 2.09. The lowest BCUT2D eigenvalue weighted by molar-refractivity contribution is -0.192. The maximum Gasteiger partial charge on any atom is 0.490 e. The Balaban J connectivity index is 0.000000246. The monoisotopic (exact) mass is 310 g/mol. The molecular formula is C11H13F3N2O3S. The minimum Gasteiger partial charge on any atom is -0.475 e. The van der Waals surface area contributed by atoms with Crippen molar-refractivity contribution in [3.63, 3.8) is 0 Å². The SMILES string of the molecule is CC(=O)Nc1cc2c(s1)CNCC2.O=C(O)C(F)(F)F. The first kappa shape index (κ1) is 16.4. The molecule has 20 heavy (non-hydrogen) atoms. The lowest BCUT2D eigenvalue weighted by Gasteiger charge is -2.10. The molecule has 5 nitrogen and oxygen atoms in total. The molecule has 1 aromatic heterocycles. The normalized spacial score (nSPS) is 13.8. The summed E-state index contributed by atoms with van der Waals surface area (Å²) in [5, 5.41) is 14.2. The largest absolute Gasteiger partial charge is 0.490 e. The van der Waals surface area contributed by atoms with Gasteiger partial charge in [-0.3, -0.25) is 4.79 Å². The highest BCUT2D eigenvalue weighted by molar-refractivity contribution is 7.16. The van der Waals surface area contributed by atoms with E-state index in [1.54, 1.807) is 11.3 Å². The van der Waals surface area contributed by atoms with E-state index in [1.165, 1.54) is 17.4 Å². The van der Waals surface area contributed by atoms with Crippen LogP contribution in [0.2, 0.25) is 0 Å². The number of hydrogen-bond acceptors (Lipinski definition) is 4. The number of fused-ring (bicyclic) bond motifs is 1. The Hall–Kier alpha value is -1.61. The van der Waals surface area contributed by atoms with Crippen molar-refractivity contribution in [2.24, 2.45) is 0 Å². The standard InChI is InChI=1S/C9H12N2OS.C2HF3O2/c1-6(12)11-9-4-7-2-3-10-5-8(7)13-9;3-2(4,5)1(6)7/h4,10H,2-3,5H2,1H3,(H,11,12);(H,6,7). The first-order valence-electron chi connectivity index (χ1n) is 5.60. The molecule has 2 heterocycles. The molecule has 1 aliphatic rings. The van der Waals surface area contributed by atoms with E-state index in [-0.39, 0.29) is 5.91 Å². The van der Waals surface area contributed by atoms with Crippen molar-refractivity contribution in [3.8, 4) is 0 Å². The molecule has 0 bridgehead atoms. The van der Waals surface area contributed by atoms with E-state index >= 15 is 0 Å². The van der Waals surface area contributed by atoms with Crippen LogP contribution in [-0.2, 0) is 22.6 Å². The summed E-state index contributed by atoms with van der Waals surface area (Å²) in [7, 11) is 0. The minimum absolute atomic E-state index is 0.00607. The number of alkyl halides is 3. The molecule has 0 saturated carbocycles. The molecule has 1 aromatic rings. The third-order valence-electron chi connectivity index (χ3n) is 2.30. The molecule has 1 amide bonds. The molecule has 0 atom stereocenters. The number of nitrogens with one attached hydrogen (secondary N) is 2. The van der Waals surface area contributed by atoms with Crippen molar-refractivity contribution in [3.05, 3.63) is 16.5 Å². The first-order chi connectivity index (χ1) is 9.20. The fourth-order valence-electron chi connectivity index (χ4n) is 1.49. The van der Waals surface area contributed by atoms with Gasteiger partial charge in [0.15, 0.2) is 0 Å². The predicted octanol–water partition coefficient (Wildman–Crippen LogP) is 1.99. The summed E-state index contributed by atoms with van der Waals surface area (Å²) in [5.74, 6) is -2.75. The van der Waals surface area contributed by atoms with Gasteiger partial charge in [-0.1, -0.05) is 0 Å². The summed E-state index contributed by atoms with van der Waals surface area (Å²) in [5.41, 5.74) is 1.38. The van der Waals surface area contributed by atoms with Gasteiger partial charge in [-0.25, -0.2) is 4.79 Å². The Morgan fingerprint density at radius 3 is 2.50 bits per heavy atom. The summed E-state index contributed by atoms with van der Waals surface area (Å²) < 4.78 is 31.7. The van der Waals surface area contributed by atoms with Gasteiger partial charge in [0.05, 0.1) is 5.00 Å². The quantitative estimate of drug-likeness (QED) is 0.741. The Bertz CT molecular complexity index is 476. The van der Waals surface area contributed by atoms with E-state index in [0.29, 0.717) is 0 Å². The van der Waals surface area contributed by atoms with Gasteiger partial charge in [0, 0.05) is 18.3 Å². The lowest BCUT2D eigenvalue weighted by atomic mass is 10.1. The van der Waals surface area contributed by atoms with Crippen LogP contribution in [0.15, 0.2) is 6.07 Å². The number of hydrogen-bond donors (Lipinski definition) is 3. The fourth-order valence-corrected chi connectivity index (χ4v) is 2.62. The molecule has 0 aromatic carbocycles. The van der Waals surface area contributed by atoms with Crippen LogP contribution in [0.5, 0.6) is 0 Å². The van der Waals surface area contributed by atoms with Crippen molar-refractivity contribution < 1.29 is 27.9 Å². The molecule has 0 aliphatic carbocycles. The number of carboxylic acids is 1. The van der Waals surface area contributed by atoms with Crippen LogP contribution in [0.4, 0.5) is 18.2 Å². The number of amides is 1. The fraction of sp³-hybridized carbons (Fsp3) is 0.455. The van der Waals surface area contributed by atoms with Crippen LogP contribution in [0.25, 0.3) is 0 Å². The van der Waals surface area contributed by atoms with Crippen LogP contribution in [0.1, 0.15) is 17.4 Å². The second-order valence-corrected chi connectivity index (χ2v) is 5.11. The Labute approximate surface area is 116 Å². The zero-order chi connectivity index (χ0) is 15.3. The van der Waals surface area contributed by atoms with Gasteiger partial charge in [-0.2, -0.15) is 13.2 Å². The van der Waals surface area contributed by atoms with Crippen LogP contribution < -0.4 is 10.6 Å². The zero-order valence-corrected chi connectivity index (χ0v) is 11.3. The van der Waals surface area contributed by atoms with E-state index < -0.39 is 12.1 Å². The maximum atomic E-state index is 10.8. The highest BCUT2D eigenvalue weighted by Crippen LogP contribution is 2.28. The second kappa shape index (κ2) is 6.71. The number of carboxylic acid groups (broad SMARTS) is 1. The lowest BCUT2D eigenvalue weighted by Crippen LogP contribution is -2.21. The van der Waals surface area contributed by atoms with Gasteiger partial charge in [0.1, 0.15) is 0 Å². The molecule has 3 N–H and O–H groups in total. The van der Waals surface area contributed by atoms with E-state index in [2.05, 4.69) is 16.7 Å². The van der Waals surface area contributed by atoms with Gasteiger partial charge in [-0.15, -0.1) is 11.3 Å². The van der Waals surface area contributed by atoms with E-state index in [0.717, 1.165) is 24.5 Å². The number of halogens is 3. The van der Waals surface area contributed by atoms with Crippen molar-refractivity contribution in [1.82, 2.24) is 5.32 Å². The third-order valence-corrected chi connectivity index (χ3v) is 3.39. The number of rotatable bonds is 1. The average Bonchev–Trinajstić information content (AvgIpc) is 2.69. The van der Waals surface area contributed by atoms with Crippen molar-refractivity contribution in [2.45, 2.75) is 26.1 Å². The molecule has 9 heteroatoms. The van der Waals surface area contributed by atoms with E-state index in [4.69, 9.17) is 9.90 Å². The Kier molecular flexibility index (Phi) is 5.52. The highest BCUT2D eigenvalue weighted by atomic mass is 32.1. The predicted molar refractivity (Wildman–Crippen MR) is 67.7 cm³/mol. The minimum atomic E-state index is -5.08. The van der Waals surface area contributed by atoms with Gasteiger partial charge in [0.25, 0.3) is 0 Å². The van der Waals surface area contributed by atoms with E-state index in [1.807, 2.05) is 0 Å². The third kappa shape index (κ3) is 5.17. The Morgan fingerprint density at radius 1 is 1.45 bits per heavy atom. The maximum absolute atomic E-state index is 10.8. The molecule has 112 valence electrons. The number of anilines is 1. The first-order valence-corrected chi connectivity index (χ1v) is 6.42. The number of thiophene rings is 1. The number of carbonyl (C=O) groups excluding carboxylic acids is 1. The molecule has 2 rings (SSSR count). The summed E-state index contributed by atoms with van der Waals surface area (Å²) >= 11 is 1.67. The molecule has 0 radical (unpaired) electrons. The number of carbonyl (C=O) groups is 2. The van der Waals surface area contributed by atoms with Gasteiger partial charge >= 0.3 is 12.1 Å². The van der Waals surface area contributed by atoms with Crippen LogP contribution >= 0.6 is 11.3 Å². The molecule has 0 spiro atoms. The second-order valence-electron chi connectivity index (χ2n) is 3.97. The van der Waals surface area contributed by atoms with Crippen molar-refractivity contribution in [2.75, 3.05) is 11.9 Å². The van der Waals surface area contributed by atoms with Crippen molar-refractivity contribution in [1.29, 1.82) is 0 Å². The number of aliphatic carboxylic acids is 1. The summed E-state index contributed by atoms with van der Waals surface area (Å²) in [6.07, 6.45) is -4.01. The van der Waals surface area contributed by atoms with Crippen LogP contribution in [-0.4, -0.2) is 29.7 Å². The van der Waals surface area contributed by atoms with Crippen LogP contribution in [0.3, 0.4) is 0 Å². The van der Waals surface area contributed by atoms with Gasteiger partial charge in [-0.05, 0) is 24.6 Å². The Morgan fingerprint density at radius 2 is 2.05 bits per heavy atom. The molecule has 1 aliphatic heterocycles. The average molecular weight is 310 g/mol. The van der Waals surface area contributed by atoms with Crippen LogP contribution in [0, 0.1) is 0 Å².